The Morgan fingerprint density at radius 2 is 1.97 bits per heavy atom. The van der Waals surface area contributed by atoms with E-state index < -0.39 is 58.0 Å². The van der Waals surface area contributed by atoms with Crippen molar-refractivity contribution in [2.24, 2.45) is 17.6 Å². The fourth-order valence-electron chi connectivity index (χ4n) is 5.89. The number of aliphatic hydroxyl groups excluding tert-OH is 2. The van der Waals surface area contributed by atoms with Crippen LogP contribution in [0.1, 0.15) is 17.5 Å². The highest BCUT2D eigenvalue weighted by molar-refractivity contribution is 6.34. The number of rotatable bonds is 3. The van der Waals surface area contributed by atoms with E-state index >= 15 is 0 Å². The summed E-state index contributed by atoms with van der Waals surface area (Å²) in [5, 5.41) is 51.3. The van der Waals surface area contributed by atoms with Crippen molar-refractivity contribution >= 4 is 34.8 Å². The molecule has 1 heterocycles. The maximum Gasteiger partial charge on any atom is 0.255 e. The Bertz CT molecular complexity index is 1410. The number of likely N-dealkylation sites (N-methyl/N-ethyl adjacent to an activating group) is 1. The number of amides is 1. The Kier molecular flexibility index (Phi) is 5.29. The predicted molar refractivity (Wildman–Crippen MR) is 127 cm³/mol. The molecule has 3 aliphatic rings. The zero-order valence-corrected chi connectivity index (χ0v) is 20.0. The minimum absolute atomic E-state index is 0.0167. The lowest BCUT2D eigenvalue weighted by Gasteiger charge is -2.50. The van der Waals surface area contributed by atoms with E-state index in [4.69, 9.17) is 17.3 Å². The molecule has 12 heteroatoms. The van der Waals surface area contributed by atoms with E-state index in [0.29, 0.717) is 16.8 Å². The van der Waals surface area contributed by atoms with Crippen molar-refractivity contribution < 1.29 is 34.8 Å². The van der Waals surface area contributed by atoms with Crippen LogP contribution in [0, 0.1) is 11.8 Å². The van der Waals surface area contributed by atoms with E-state index in [0.717, 1.165) is 0 Å². The Balaban J connectivity index is 1.74. The molecule has 5 rings (SSSR count). The van der Waals surface area contributed by atoms with Gasteiger partial charge in [0.1, 0.15) is 22.8 Å². The number of aromatic hydroxyl groups is 1. The van der Waals surface area contributed by atoms with Gasteiger partial charge in [-0.05, 0) is 50.6 Å². The molecule has 1 saturated carbocycles. The molecule has 1 aromatic heterocycles. The molecule has 1 fully saturated rings. The summed E-state index contributed by atoms with van der Waals surface area (Å²) in [7, 11) is 3.08. The SMILES string of the molecule is CN(C)[C@@H]1C(=O)C(C(N)=O)=C(O)[C@@]2(O)C(=O)C3=C(O)c4c(O)cc(-c5ccn[nH]5)c(Cl)c4C[C@H]3C[C@@H]12. The monoisotopic (exact) mass is 514 g/mol. The highest BCUT2D eigenvalue weighted by atomic mass is 35.5. The van der Waals surface area contributed by atoms with Crippen LogP contribution < -0.4 is 5.73 Å². The number of ketones is 2. The van der Waals surface area contributed by atoms with Crippen molar-refractivity contribution in [2.75, 3.05) is 14.1 Å². The first kappa shape index (κ1) is 24.0. The minimum Gasteiger partial charge on any atom is -0.508 e. The molecule has 0 radical (unpaired) electrons. The van der Waals surface area contributed by atoms with Gasteiger partial charge in [0, 0.05) is 23.3 Å². The van der Waals surface area contributed by atoms with Gasteiger partial charge < -0.3 is 26.2 Å². The van der Waals surface area contributed by atoms with E-state index in [2.05, 4.69) is 10.2 Å². The zero-order valence-electron chi connectivity index (χ0n) is 19.2. The van der Waals surface area contributed by atoms with Crippen molar-refractivity contribution in [3.05, 3.63) is 51.4 Å². The van der Waals surface area contributed by atoms with Crippen LogP contribution in [0.15, 0.2) is 35.2 Å². The van der Waals surface area contributed by atoms with E-state index in [1.807, 2.05) is 0 Å². The third kappa shape index (κ3) is 3.00. The fourth-order valence-corrected chi connectivity index (χ4v) is 6.22. The Labute approximate surface area is 209 Å². The van der Waals surface area contributed by atoms with Gasteiger partial charge in [-0.15, -0.1) is 0 Å². The Morgan fingerprint density at radius 3 is 2.56 bits per heavy atom. The highest BCUT2D eigenvalue weighted by Crippen LogP contribution is 2.54. The van der Waals surface area contributed by atoms with Gasteiger partial charge in [0.05, 0.1) is 22.3 Å². The quantitative estimate of drug-likeness (QED) is 0.324. The summed E-state index contributed by atoms with van der Waals surface area (Å²) in [6.07, 6.45) is 1.60. The number of aromatic amines is 1. The van der Waals surface area contributed by atoms with Gasteiger partial charge in [-0.2, -0.15) is 5.10 Å². The molecule has 11 nitrogen and oxygen atoms in total. The van der Waals surface area contributed by atoms with Crippen molar-refractivity contribution in [1.29, 1.82) is 0 Å². The third-order valence-electron chi connectivity index (χ3n) is 7.44. The molecule has 2 aromatic rings. The highest BCUT2D eigenvalue weighted by Gasteiger charge is 2.64. The average Bonchev–Trinajstić information content (AvgIpc) is 3.32. The molecule has 7 N–H and O–H groups in total. The maximum absolute atomic E-state index is 13.8. The number of halogens is 1. The summed E-state index contributed by atoms with van der Waals surface area (Å²) in [5.74, 6) is -7.10. The normalized spacial score (nSPS) is 27.8. The van der Waals surface area contributed by atoms with Crippen LogP contribution in [0.4, 0.5) is 0 Å². The molecule has 0 unspecified atom stereocenters. The molecule has 0 aliphatic heterocycles. The summed E-state index contributed by atoms with van der Waals surface area (Å²) < 4.78 is 0. The summed E-state index contributed by atoms with van der Waals surface area (Å²) in [6, 6.07) is 1.82. The van der Waals surface area contributed by atoms with Crippen LogP contribution in [0.5, 0.6) is 5.75 Å². The lowest BCUT2D eigenvalue weighted by molar-refractivity contribution is -0.153. The summed E-state index contributed by atoms with van der Waals surface area (Å²) >= 11 is 6.68. The molecular formula is C24H23ClN4O7. The van der Waals surface area contributed by atoms with Crippen LogP contribution in [0.25, 0.3) is 17.0 Å². The predicted octanol–water partition coefficient (Wildman–Crippen LogP) is 1.01. The van der Waals surface area contributed by atoms with Crippen LogP contribution in [0.2, 0.25) is 5.02 Å². The number of Topliss-reactive ketones (excluding diaryl/α,β-unsaturated/α-hetero) is 2. The second kappa shape index (κ2) is 7.92. The van der Waals surface area contributed by atoms with Crippen molar-refractivity contribution in [3.8, 4) is 17.0 Å². The van der Waals surface area contributed by atoms with Gasteiger partial charge >= 0.3 is 0 Å². The second-order valence-electron chi connectivity index (χ2n) is 9.54. The van der Waals surface area contributed by atoms with E-state index in [1.54, 1.807) is 20.2 Å². The number of primary amides is 1. The standard InChI is InChI=1S/C24H23ClN4O7/c1-29(2)18-11-6-8-5-10-15(13(30)7-9(17(10)25)12-3-4-27-28-12)19(31)14(8)21(33)24(11,36)22(34)16(20(18)32)23(26)35/h3-4,7-8,11,18,30-31,34,36H,5-6H2,1-2H3,(H2,26,35)(H,27,28)/t8-,11-,18-,24-/m0/s1. The molecule has 4 atom stereocenters. The van der Waals surface area contributed by atoms with Gasteiger partial charge in [-0.1, -0.05) is 11.6 Å². The van der Waals surface area contributed by atoms with Gasteiger partial charge in [0.2, 0.25) is 5.78 Å². The Morgan fingerprint density at radius 1 is 1.28 bits per heavy atom. The van der Waals surface area contributed by atoms with Crippen molar-refractivity contribution in [1.82, 2.24) is 15.1 Å². The van der Waals surface area contributed by atoms with Gasteiger partial charge in [-0.25, -0.2) is 0 Å². The third-order valence-corrected chi connectivity index (χ3v) is 7.88. The number of nitrogens with zero attached hydrogens (tertiary/aromatic N) is 2. The number of phenols is 1. The number of phenolic OH excluding ortho intramolecular Hbond substituents is 1. The molecule has 188 valence electrons. The average molecular weight is 515 g/mol. The molecule has 0 spiro atoms. The number of aromatic nitrogens is 2. The van der Waals surface area contributed by atoms with Crippen LogP contribution >= 0.6 is 11.6 Å². The summed E-state index contributed by atoms with van der Waals surface area (Å²) in [5.41, 5.74) is 2.82. The molecule has 1 amide bonds. The largest absolute Gasteiger partial charge is 0.508 e. The number of fused-ring (bicyclic) bond motifs is 3. The number of carbonyl (C=O) groups excluding carboxylic acids is 3. The van der Waals surface area contributed by atoms with Crippen LogP contribution in [-0.2, 0) is 20.8 Å². The van der Waals surface area contributed by atoms with E-state index in [9.17, 15) is 34.8 Å². The lowest BCUT2D eigenvalue weighted by Crippen LogP contribution is -2.65. The smallest absolute Gasteiger partial charge is 0.255 e. The fraction of sp³-hybridized carbons (Fsp3) is 0.333. The number of hydrogen-bond acceptors (Lipinski definition) is 9. The van der Waals surface area contributed by atoms with E-state index in [1.165, 1.54) is 17.2 Å². The molecular weight excluding hydrogens is 492 g/mol. The maximum atomic E-state index is 13.8. The first-order valence-corrected chi connectivity index (χ1v) is 11.5. The summed E-state index contributed by atoms with van der Waals surface area (Å²) in [4.78, 5) is 40.3. The molecule has 1 aromatic carbocycles. The topological polar surface area (TPSA) is 190 Å². The number of H-pyrrole nitrogens is 1. The molecule has 0 saturated heterocycles. The summed E-state index contributed by atoms with van der Waals surface area (Å²) in [6.45, 7) is 0. The number of hydrogen-bond donors (Lipinski definition) is 6. The lowest BCUT2D eigenvalue weighted by atomic mass is 9.57. The number of nitrogens with two attached hydrogens (primary N) is 1. The number of nitrogens with one attached hydrogen (secondary N) is 1. The molecule has 3 aliphatic carbocycles. The van der Waals surface area contributed by atoms with Gasteiger partial charge in [-0.3, -0.25) is 24.4 Å². The van der Waals surface area contributed by atoms with Crippen molar-refractivity contribution in [3.63, 3.8) is 0 Å². The minimum atomic E-state index is -2.68. The molecule has 36 heavy (non-hydrogen) atoms. The zero-order chi connectivity index (χ0) is 26.3. The van der Waals surface area contributed by atoms with Gasteiger partial charge in [0.25, 0.3) is 5.91 Å². The number of benzene rings is 1. The Hall–Kier alpha value is -3.67. The second-order valence-corrected chi connectivity index (χ2v) is 9.92. The first-order valence-electron chi connectivity index (χ1n) is 11.1. The van der Waals surface area contributed by atoms with E-state index in [-0.39, 0.29) is 34.8 Å². The van der Waals surface area contributed by atoms with Crippen LogP contribution in [-0.4, -0.2) is 78.7 Å². The molecule has 0 bridgehead atoms. The van der Waals surface area contributed by atoms with Gasteiger partial charge in [0.15, 0.2) is 11.4 Å². The van der Waals surface area contributed by atoms with Crippen molar-refractivity contribution in [2.45, 2.75) is 24.5 Å². The first-order chi connectivity index (χ1) is 16.9. The number of aliphatic hydroxyl groups is 3. The van der Waals surface area contributed by atoms with Crippen LogP contribution in [0.3, 0.4) is 0 Å². The number of carbonyl (C=O) groups is 3.